The standard InChI is InChI=1S/C25H34N4/c1-4-11-23(17-19-29(3)20-22-12-7-5-8-13-22)25(16-18-26-2)28-21-27-24-14-9-6-10-15-24/h4-5,7-8,11-13,16-19,24,27H,1-2,6,9-10,14-15,20-21H2,3H3/b18-16-,19-17-,23-11+,28-25?. The van der Waals surface area contributed by atoms with E-state index >= 15 is 0 Å². The molecule has 2 rings (SSSR count). The summed E-state index contributed by atoms with van der Waals surface area (Å²) >= 11 is 0. The second-order valence-corrected chi connectivity index (χ2v) is 7.31. The molecule has 1 N–H and O–H groups in total. The minimum Gasteiger partial charge on any atom is -0.376 e. The summed E-state index contributed by atoms with van der Waals surface area (Å²) in [5.41, 5.74) is 3.13. The first-order chi connectivity index (χ1) is 14.2. The summed E-state index contributed by atoms with van der Waals surface area (Å²) in [6.45, 7) is 8.84. The van der Waals surface area contributed by atoms with E-state index in [0.29, 0.717) is 12.7 Å². The lowest BCUT2D eigenvalue weighted by Crippen LogP contribution is -2.31. The van der Waals surface area contributed by atoms with Crippen LogP contribution in [0, 0.1) is 0 Å². The molecule has 0 radical (unpaired) electrons. The molecular weight excluding hydrogens is 356 g/mol. The zero-order chi connectivity index (χ0) is 20.7. The van der Waals surface area contributed by atoms with Gasteiger partial charge in [-0.1, -0.05) is 68.3 Å². The maximum atomic E-state index is 4.78. The summed E-state index contributed by atoms with van der Waals surface area (Å²) in [6, 6.07) is 11.0. The van der Waals surface area contributed by atoms with Gasteiger partial charge in [-0.2, -0.15) is 0 Å². The van der Waals surface area contributed by atoms with Crippen LogP contribution in [0.4, 0.5) is 0 Å². The van der Waals surface area contributed by atoms with E-state index in [-0.39, 0.29) is 0 Å². The molecular formula is C25H34N4. The zero-order valence-electron chi connectivity index (χ0n) is 17.6. The van der Waals surface area contributed by atoms with Crippen LogP contribution in [0.15, 0.2) is 89.2 Å². The molecule has 0 heterocycles. The maximum Gasteiger partial charge on any atom is 0.0894 e. The van der Waals surface area contributed by atoms with Crippen LogP contribution in [-0.4, -0.2) is 37.1 Å². The first kappa shape index (κ1) is 22.6. The van der Waals surface area contributed by atoms with E-state index in [9.17, 15) is 0 Å². The first-order valence-electron chi connectivity index (χ1n) is 10.4. The molecule has 0 spiro atoms. The van der Waals surface area contributed by atoms with Crippen LogP contribution in [-0.2, 0) is 6.54 Å². The van der Waals surface area contributed by atoms with Crippen molar-refractivity contribution in [3.63, 3.8) is 0 Å². The Balaban J connectivity index is 2.05. The molecule has 0 aliphatic heterocycles. The zero-order valence-corrected chi connectivity index (χ0v) is 17.6. The molecule has 1 aromatic rings. The van der Waals surface area contributed by atoms with Gasteiger partial charge in [0.2, 0.25) is 0 Å². The molecule has 0 bridgehead atoms. The summed E-state index contributed by atoms with van der Waals surface area (Å²) in [5, 5.41) is 3.57. The molecule has 1 aromatic carbocycles. The molecule has 29 heavy (non-hydrogen) atoms. The van der Waals surface area contributed by atoms with E-state index in [4.69, 9.17) is 4.99 Å². The molecule has 0 unspecified atom stereocenters. The Kier molecular flexibility index (Phi) is 10.5. The van der Waals surface area contributed by atoms with Gasteiger partial charge < -0.3 is 4.90 Å². The van der Waals surface area contributed by atoms with Gasteiger partial charge in [0.25, 0.3) is 0 Å². The lowest BCUT2D eigenvalue weighted by atomic mass is 9.96. The summed E-state index contributed by atoms with van der Waals surface area (Å²) in [7, 11) is 2.07. The maximum absolute atomic E-state index is 4.78. The summed E-state index contributed by atoms with van der Waals surface area (Å²) in [5.74, 6) is 0. The van der Waals surface area contributed by atoms with Crippen LogP contribution in [0.3, 0.4) is 0 Å². The van der Waals surface area contributed by atoms with Gasteiger partial charge in [0.05, 0.1) is 12.4 Å². The Morgan fingerprint density at radius 1 is 1.17 bits per heavy atom. The third-order valence-corrected chi connectivity index (χ3v) is 4.95. The van der Waals surface area contributed by atoms with Crippen molar-refractivity contribution >= 4 is 12.4 Å². The van der Waals surface area contributed by atoms with Gasteiger partial charge in [0, 0.05) is 31.4 Å². The van der Waals surface area contributed by atoms with Crippen molar-refractivity contribution in [2.45, 2.75) is 44.7 Å². The molecule has 1 saturated carbocycles. The molecule has 4 nitrogen and oxygen atoms in total. The largest absolute Gasteiger partial charge is 0.376 e. The Morgan fingerprint density at radius 3 is 2.62 bits per heavy atom. The number of hydrogen-bond acceptors (Lipinski definition) is 4. The predicted octanol–water partition coefficient (Wildman–Crippen LogP) is 5.28. The highest BCUT2D eigenvalue weighted by Crippen LogP contribution is 2.17. The number of rotatable bonds is 11. The number of hydrogen-bond donors (Lipinski definition) is 1. The number of allylic oxidation sites excluding steroid dienone is 5. The molecule has 0 amide bonds. The molecule has 4 heteroatoms. The van der Waals surface area contributed by atoms with E-state index in [1.807, 2.05) is 18.2 Å². The quantitative estimate of drug-likeness (QED) is 0.412. The van der Waals surface area contributed by atoms with Crippen molar-refractivity contribution < 1.29 is 0 Å². The van der Waals surface area contributed by atoms with Crippen LogP contribution in [0.2, 0.25) is 0 Å². The molecule has 154 valence electrons. The third kappa shape index (κ3) is 8.88. The lowest BCUT2D eigenvalue weighted by molar-refractivity contribution is 0.378. The molecule has 1 aliphatic carbocycles. The Labute approximate surface area is 176 Å². The van der Waals surface area contributed by atoms with Crippen LogP contribution in [0.1, 0.15) is 37.7 Å². The Bertz CT molecular complexity index is 737. The molecule has 0 atom stereocenters. The fourth-order valence-electron chi connectivity index (χ4n) is 3.42. The van der Waals surface area contributed by atoms with Crippen LogP contribution < -0.4 is 5.32 Å². The van der Waals surface area contributed by atoms with Crippen molar-refractivity contribution in [2.75, 3.05) is 13.7 Å². The van der Waals surface area contributed by atoms with Crippen molar-refractivity contribution in [1.82, 2.24) is 10.2 Å². The Hall–Kier alpha value is -2.72. The van der Waals surface area contributed by atoms with Crippen molar-refractivity contribution in [1.29, 1.82) is 0 Å². The first-order valence-corrected chi connectivity index (χ1v) is 10.4. The molecule has 0 aromatic heterocycles. The second-order valence-electron chi connectivity index (χ2n) is 7.31. The molecule has 1 aliphatic rings. The average molecular weight is 391 g/mol. The monoisotopic (exact) mass is 390 g/mol. The molecule has 1 fully saturated rings. The van der Waals surface area contributed by atoms with E-state index in [1.54, 1.807) is 12.3 Å². The van der Waals surface area contributed by atoms with Crippen molar-refractivity contribution in [3.05, 3.63) is 84.8 Å². The highest BCUT2D eigenvalue weighted by molar-refractivity contribution is 6.10. The minimum absolute atomic E-state index is 0.578. The van der Waals surface area contributed by atoms with Crippen LogP contribution >= 0.6 is 0 Å². The minimum atomic E-state index is 0.578. The highest BCUT2D eigenvalue weighted by atomic mass is 15.1. The SMILES string of the molecule is C=C/C=C(\C=C/N(C)Cc1ccccc1)C(/C=C\N=C)=NCNC1CCCCC1. The van der Waals surface area contributed by atoms with Gasteiger partial charge in [0.15, 0.2) is 0 Å². The predicted molar refractivity (Wildman–Crippen MR) is 126 cm³/mol. The van der Waals surface area contributed by atoms with Crippen LogP contribution in [0.25, 0.3) is 0 Å². The van der Waals surface area contributed by atoms with Crippen molar-refractivity contribution in [2.24, 2.45) is 9.98 Å². The topological polar surface area (TPSA) is 40.0 Å². The summed E-state index contributed by atoms with van der Waals surface area (Å²) < 4.78 is 0. The van der Waals surface area contributed by atoms with Gasteiger partial charge in [0.1, 0.15) is 0 Å². The second kappa shape index (κ2) is 13.5. The number of benzene rings is 1. The fourth-order valence-corrected chi connectivity index (χ4v) is 3.42. The van der Waals surface area contributed by atoms with E-state index < -0.39 is 0 Å². The lowest BCUT2D eigenvalue weighted by Gasteiger charge is -2.22. The summed E-state index contributed by atoms with van der Waals surface area (Å²) in [6.07, 6.45) is 17.9. The van der Waals surface area contributed by atoms with Gasteiger partial charge in [-0.15, -0.1) is 0 Å². The summed E-state index contributed by atoms with van der Waals surface area (Å²) in [4.78, 5) is 10.8. The number of nitrogens with zero attached hydrogens (tertiary/aromatic N) is 3. The number of nitrogens with one attached hydrogen (secondary N) is 1. The molecule has 0 saturated heterocycles. The van der Waals surface area contributed by atoms with Crippen molar-refractivity contribution in [3.8, 4) is 0 Å². The van der Waals surface area contributed by atoms with Gasteiger partial charge >= 0.3 is 0 Å². The third-order valence-electron chi connectivity index (χ3n) is 4.95. The van der Waals surface area contributed by atoms with E-state index in [0.717, 1.165) is 17.8 Å². The van der Waals surface area contributed by atoms with Gasteiger partial charge in [-0.25, -0.2) is 0 Å². The van der Waals surface area contributed by atoms with Crippen LogP contribution in [0.5, 0.6) is 0 Å². The Morgan fingerprint density at radius 2 is 1.93 bits per heavy atom. The van der Waals surface area contributed by atoms with E-state index in [1.165, 1.54) is 37.7 Å². The van der Waals surface area contributed by atoms with E-state index in [2.05, 4.69) is 72.1 Å². The highest BCUT2D eigenvalue weighted by Gasteiger charge is 2.11. The normalized spacial score (nSPS) is 16.4. The average Bonchev–Trinajstić information content (AvgIpc) is 2.75. The number of aliphatic imine (C=N–C) groups is 2. The van der Waals surface area contributed by atoms with Gasteiger partial charge in [-0.3, -0.25) is 15.3 Å². The van der Waals surface area contributed by atoms with Gasteiger partial charge in [-0.05, 0) is 43.5 Å². The smallest absolute Gasteiger partial charge is 0.0894 e. The fraction of sp³-hybridized carbons (Fsp3) is 0.360.